The summed E-state index contributed by atoms with van der Waals surface area (Å²) in [6, 6.07) is 16.6. The van der Waals surface area contributed by atoms with E-state index in [0.717, 1.165) is 21.3 Å². The van der Waals surface area contributed by atoms with Crippen LogP contribution < -0.4 is 5.32 Å². The molecular formula is C26H21N3O4S. The lowest BCUT2D eigenvalue weighted by Crippen LogP contribution is -2.35. The number of carbonyl (C=O) groups excluding carboxylic acids is 2. The number of anilines is 1. The van der Waals surface area contributed by atoms with Crippen LogP contribution in [-0.4, -0.2) is 39.3 Å². The zero-order chi connectivity index (χ0) is 23.8. The van der Waals surface area contributed by atoms with Crippen LogP contribution in [0.25, 0.3) is 10.8 Å². The molecular weight excluding hydrogens is 450 g/mol. The molecule has 2 aromatic carbocycles. The van der Waals surface area contributed by atoms with E-state index in [2.05, 4.69) is 10.3 Å². The largest absolute Gasteiger partial charge is 0.478 e. The second-order valence-electron chi connectivity index (χ2n) is 8.19. The van der Waals surface area contributed by atoms with E-state index in [4.69, 9.17) is 0 Å². The van der Waals surface area contributed by atoms with Crippen molar-refractivity contribution in [3.05, 3.63) is 93.6 Å². The molecule has 3 heterocycles. The standard InChI is InChI=1S/C26H21N3O4S/c1-15-6-7-19(13-27-15)25(31)29-11-10-20-21(14-29)34-24(22(20)26(32)33)28-23(30)18-9-8-16-4-2-3-5-17(16)12-18/h2-9,12-13H,10-11,14H2,1H3,(H,28,30)(H,32,33). The van der Waals surface area contributed by atoms with Gasteiger partial charge in [-0.15, -0.1) is 11.3 Å². The number of nitrogens with zero attached hydrogens (tertiary/aromatic N) is 2. The molecule has 0 atom stereocenters. The van der Waals surface area contributed by atoms with Crippen molar-refractivity contribution in [1.82, 2.24) is 9.88 Å². The Kier molecular flexibility index (Phi) is 5.59. The molecule has 0 spiro atoms. The van der Waals surface area contributed by atoms with Gasteiger partial charge in [-0.1, -0.05) is 30.3 Å². The normalized spacial score (nSPS) is 12.9. The molecule has 8 heteroatoms. The van der Waals surface area contributed by atoms with E-state index in [1.807, 2.05) is 37.3 Å². The van der Waals surface area contributed by atoms with E-state index < -0.39 is 5.97 Å². The first-order chi connectivity index (χ1) is 16.4. The van der Waals surface area contributed by atoms with Crippen LogP contribution in [0.5, 0.6) is 0 Å². The molecule has 0 fully saturated rings. The molecule has 2 N–H and O–H groups in total. The number of rotatable bonds is 4. The van der Waals surface area contributed by atoms with E-state index in [0.29, 0.717) is 41.2 Å². The van der Waals surface area contributed by atoms with Gasteiger partial charge in [0.15, 0.2) is 0 Å². The highest BCUT2D eigenvalue weighted by molar-refractivity contribution is 7.17. The van der Waals surface area contributed by atoms with Gasteiger partial charge in [-0.05, 0) is 53.9 Å². The van der Waals surface area contributed by atoms with Gasteiger partial charge in [0.05, 0.1) is 17.7 Å². The SMILES string of the molecule is Cc1ccc(C(=O)N2CCc3c(sc(NC(=O)c4ccc5ccccc5c4)c3C(=O)O)C2)cn1. The van der Waals surface area contributed by atoms with Crippen LogP contribution in [0.4, 0.5) is 5.00 Å². The van der Waals surface area contributed by atoms with Crippen molar-refractivity contribution >= 4 is 44.9 Å². The first kappa shape index (κ1) is 21.8. The molecule has 0 aliphatic carbocycles. The number of benzene rings is 2. The number of fused-ring (bicyclic) bond motifs is 2. The fourth-order valence-corrected chi connectivity index (χ4v) is 5.42. The highest BCUT2D eigenvalue weighted by atomic mass is 32.1. The van der Waals surface area contributed by atoms with E-state index in [9.17, 15) is 19.5 Å². The van der Waals surface area contributed by atoms with Crippen molar-refractivity contribution in [2.45, 2.75) is 19.9 Å². The fraction of sp³-hybridized carbons (Fsp3) is 0.154. The summed E-state index contributed by atoms with van der Waals surface area (Å²) < 4.78 is 0. The summed E-state index contributed by atoms with van der Waals surface area (Å²) in [5.41, 5.74) is 2.56. The minimum absolute atomic E-state index is 0.109. The number of hydrogen-bond acceptors (Lipinski definition) is 5. The molecule has 0 saturated heterocycles. The molecule has 0 radical (unpaired) electrons. The van der Waals surface area contributed by atoms with Crippen LogP contribution in [0.15, 0.2) is 60.8 Å². The summed E-state index contributed by atoms with van der Waals surface area (Å²) in [4.78, 5) is 44.6. The number of carbonyl (C=O) groups is 3. The molecule has 34 heavy (non-hydrogen) atoms. The minimum atomic E-state index is -1.09. The van der Waals surface area contributed by atoms with Crippen LogP contribution >= 0.6 is 11.3 Å². The van der Waals surface area contributed by atoms with Crippen molar-refractivity contribution in [1.29, 1.82) is 0 Å². The summed E-state index contributed by atoms with van der Waals surface area (Å²) in [5.74, 6) is -1.61. The summed E-state index contributed by atoms with van der Waals surface area (Å²) in [7, 11) is 0. The number of aryl methyl sites for hydroxylation is 1. The Morgan fingerprint density at radius 2 is 1.79 bits per heavy atom. The number of thiophene rings is 1. The molecule has 0 saturated carbocycles. The fourth-order valence-electron chi connectivity index (χ4n) is 4.17. The highest BCUT2D eigenvalue weighted by Crippen LogP contribution is 2.38. The number of carboxylic acids is 1. The smallest absolute Gasteiger partial charge is 0.339 e. The van der Waals surface area contributed by atoms with Crippen molar-refractivity contribution in [2.24, 2.45) is 0 Å². The lowest BCUT2D eigenvalue weighted by molar-refractivity contribution is 0.0696. The van der Waals surface area contributed by atoms with E-state index in [-0.39, 0.29) is 17.4 Å². The third-order valence-corrected chi connectivity index (χ3v) is 7.09. The predicted molar refractivity (Wildman–Crippen MR) is 131 cm³/mol. The summed E-state index contributed by atoms with van der Waals surface area (Å²) in [5, 5.41) is 14.9. The third kappa shape index (κ3) is 4.04. The first-order valence-corrected chi connectivity index (χ1v) is 11.6. The number of aromatic nitrogens is 1. The van der Waals surface area contributed by atoms with Gasteiger partial charge in [-0.2, -0.15) is 0 Å². The Morgan fingerprint density at radius 3 is 2.53 bits per heavy atom. The Morgan fingerprint density at radius 1 is 1.03 bits per heavy atom. The number of nitrogens with one attached hydrogen (secondary N) is 1. The Labute approximate surface area is 199 Å². The van der Waals surface area contributed by atoms with Gasteiger partial charge in [0.2, 0.25) is 0 Å². The summed E-state index contributed by atoms with van der Waals surface area (Å²) >= 11 is 1.21. The maximum atomic E-state index is 13.0. The van der Waals surface area contributed by atoms with E-state index >= 15 is 0 Å². The topological polar surface area (TPSA) is 99.6 Å². The molecule has 2 amide bonds. The molecule has 1 aliphatic heterocycles. The second-order valence-corrected chi connectivity index (χ2v) is 9.30. The molecule has 7 nitrogen and oxygen atoms in total. The highest BCUT2D eigenvalue weighted by Gasteiger charge is 2.30. The summed E-state index contributed by atoms with van der Waals surface area (Å²) in [6.45, 7) is 2.54. The van der Waals surface area contributed by atoms with E-state index in [1.165, 1.54) is 11.3 Å². The van der Waals surface area contributed by atoms with Crippen molar-refractivity contribution in [3.8, 4) is 0 Å². The van der Waals surface area contributed by atoms with Crippen LogP contribution in [-0.2, 0) is 13.0 Å². The van der Waals surface area contributed by atoms with Gasteiger partial charge in [0, 0.05) is 28.9 Å². The molecule has 170 valence electrons. The average molecular weight is 472 g/mol. The van der Waals surface area contributed by atoms with Crippen LogP contribution in [0.1, 0.15) is 47.2 Å². The van der Waals surface area contributed by atoms with Gasteiger partial charge in [0.1, 0.15) is 5.00 Å². The van der Waals surface area contributed by atoms with Crippen LogP contribution in [0.3, 0.4) is 0 Å². The van der Waals surface area contributed by atoms with Gasteiger partial charge in [-0.3, -0.25) is 14.6 Å². The molecule has 0 bridgehead atoms. The monoisotopic (exact) mass is 471 g/mol. The first-order valence-electron chi connectivity index (χ1n) is 10.8. The Bertz CT molecular complexity index is 1440. The molecule has 5 rings (SSSR count). The number of carboxylic acid groups (broad SMARTS) is 1. The predicted octanol–water partition coefficient (Wildman–Crippen LogP) is 4.75. The zero-order valence-corrected chi connectivity index (χ0v) is 19.2. The minimum Gasteiger partial charge on any atom is -0.478 e. The van der Waals surface area contributed by atoms with Crippen molar-refractivity contribution in [3.63, 3.8) is 0 Å². The molecule has 2 aromatic heterocycles. The van der Waals surface area contributed by atoms with Crippen LogP contribution in [0.2, 0.25) is 0 Å². The number of aromatic carboxylic acids is 1. The van der Waals surface area contributed by atoms with Gasteiger partial charge in [0.25, 0.3) is 11.8 Å². The maximum Gasteiger partial charge on any atom is 0.339 e. The quantitative estimate of drug-likeness (QED) is 0.447. The average Bonchev–Trinajstić information content (AvgIpc) is 3.21. The van der Waals surface area contributed by atoms with Gasteiger partial charge in [-0.25, -0.2) is 4.79 Å². The number of hydrogen-bond donors (Lipinski definition) is 2. The third-order valence-electron chi connectivity index (χ3n) is 5.95. The Balaban J connectivity index is 1.41. The zero-order valence-electron chi connectivity index (χ0n) is 18.4. The molecule has 0 unspecified atom stereocenters. The Hall–Kier alpha value is -4.04. The number of amides is 2. The maximum absolute atomic E-state index is 13.0. The number of pyridine rings is 1. The lowest BCUT2D eigenvalue weighted by Gasteiger charge is -2.27. The van der Waals surface area contributed by atoms with Crippen molar-refractivity contribution < 1.29 is 19.5 Å². The van der Waals surface area contributed by atoms with Crippen LogP contribution in [0, 0.1) is 6.92 Å². The molecule has 1 aliphatic rings. The van der Waals surface area contributed by atoms with Crippen molar-refractivity contribution in [2.75, 3.05) is 11.9 Å². The van der Waals surface area contributed by atoms with E-state index in [1.54, 1.807) is 35.4 Å². The lowest BCUT2D eigenvalue weighted by atomic mass is 10.0. The van der Waals surface area contributed by atoms with Gasteiger partial charge < -0.3 is 15.3 Å². The molecule has 4 aromatic rings. The van der Waals surface area contributed by atoms with Gasteiger partial charge >= 0.3 is 5.97 Å². The second kappa shape index (κ2) is 8.72. The summed E-state index contributed by atoms with van der Waals surface area (Å²) in [6.07, 6.45) is 1.96.